The van der Waals surface area contributed by atoms with E-state index in [9.17, 15) is 18.3 Å². The Kier molecular flexibility index (Phi) is 4.78. The zero-order chi connectivity index (χ0) is 19.7. The fraction of sp³-hybridized carbons (Fsp3) is 0.190. The Morgan fingerprint density at radius 1 is 1.00 bits per heavy atom. The topological polar surface area (TPSA) is 45.6 Å². The molecule has 1 N–H and O–H groups in total. The summed E-state index contributed by atoms with van der Waals surface area (Å²) in [4.78, 5) is 5.74. The standard InChI is InChI=1S/C21H17F3N2O2/c22-21(23,24)18-4-1-15(2-5-18)16-3-6-19-17(11-16)13-26(20(27)28-19)12-14-7-9-25-10-8-14/h1-11,20,27H,12-13H2. The number of aliphatic hydroxyl groups excluding tert-OH is 1. The Bertz CT molecular complexity index is 960. The summed E-state index contributed by atoms with van der Waals surface area (Å²) >= 11 is 0. The molecule has 4 nitrogen and oxygen atoms in total. The third-order valence-electron chi connectivity index (χ3n) is 4.66. The second kappa shape index (κ2) is 7.26. The quantitative estimate of drug-likeness (QED) is 0.723. The maximum atomic E-state index is 12.8. The van der Waals surface area contributed by atoms with Gasteiger partial charge in [-0.05, 0) is 53.1 Å². The fourth-order valence-electron chi connectivity index (χ4n) is 3.19. The van der Waals surface area contributed by atoms with Crippen LogP contribution in [0.25, 0.3) is 11.1 Å². The molecule has 2 heterocycles. The number of fused-ring (bicyclic) bond motifs is 1. The van der Waals surface area contributed by atoms with Crippen LogP contribution in [0.1, 0.15) is 16.7 Å². The first-order valence-corrected chi connectivity index (χ1v) is 8.68. The summed E-state index contributed by atoms with van der Waals surface area (Å²) in [6.45, 7) is 0.931. The highest BCUT2D eigenvalue weighted by Gasteiger charge is 2.30. The molecular formula is C21H17F3N2O2. The van der Waals surface area contributed by atoms with Crippen LogP contribution in [0.5, 0.6) is 5.75 Å². The maximum Gasteiger partial charge on any atom is 0.416 e. The van der Waals surface area contributed by atoms with Crippen molar-refractivity contribution in [1.82, 2.24) is 9.88 Å². The first kappa shape index (κ1) is 18.5. The van der Waals surface area contributed by atoms with Gasteiger partial charge in [-0.15, -0.1) is 0 Å². The summed E-state index contributed by atoms with van der Waals surface area (Å²) in [7, 11) is 0. The average Bonchev–Trinajstić information content (AvgIpc) is 2.68. The van der Waals surface area contributed by atoms with Crippen molar-refractivity contribution in [2.75, 3.05) is 0 Å². The molecule has 4 rings (SSSR count). The second-order valence-electron chi connectivity index (χ2n) is 6.60. The molecule has 1 atom stereocenters. The third-order valence-corrected chi connectivity index (χ3v) is 4.66. The lowest BCUT2D eigenvalue weighted by molar-refractivity contribution is -0.155. The molecule has 1 aliphatic heterocycles. The van der Waals surface area contributed by atoms with Crippen LogP contribution < -0.4 is 4.74 Å². The number of aromatic nitrogens is 1. The monoisotopic (exact) mass is 386 g/mol. The van der Waals surface area contributed by atoms with Gasteiger partial charge in [0, 0.05) is 31.0 Å². The van der Waals surface area contributed by atoms with Crippen molar-refractivity contribution in [3.8, 4) is 16.9 Å². The SMILES string of the molecule is OC1Oc2ccc(-c3ccc(C(F)(F)F)cc3)cc2CN1Cc1ccncc1. The summed E-state index contributed by atoms with van der Waals surface area (Å²) in [6.07, 6.45) is -2.06. The molecule has 0 radical (unpaired) electrons. The van der Waals surface area contributed by atoms with Gasteiger partial charge in [0.1, 0.15) is 5.75 Å². The van der Waals surface area contributed by atoms with Gasteiger partial charge in [0.05, 0.1) is 5.56 Å². The number of ether oxygens (including phenoxy) is 1. The number of halogens is 3. The van der Waals surface area contributed by atoms with Gasteiger partial charge in [-0.1, -0.05) is 18.2 Å². The summed E-state index contributed by atoms with van der Waals surface area (Å²) in [5.41, 5.74) is 2.64. The van der Waals surface area contributed by atoms with Crippen molar-refractivity contribution in [2.24, 2.45) is 0 Å². The highest BCUT2D eigenvalue weighted by Crippen LogP contribution is 2.34. The Morgan fingerprint density at radius 2 is 1.68 bits per heavy atom. The van der Waals surface area contributed by atoms with Gasteiger partial charge in [-0.25, -0.2) is 4.90 Å². The largest absolute Gasteiger partial charge is 0.451 e. The molecule has 3 aromatic rings. The first-order chi connectivity index (χ1) is 13.4. The van der Waals surface area contributed by atoms with Crippen LogP contribution >= 0.6 is 0 Å². The fourth-order valence-corrected chi connectivity index (χ4v) is 3.19. The molecule has 1 aliphatic rings. The van der Waals surface area contributed by atoms with Gasteiger partial charge in [0.15, 0.2) is 0 Å². The summed E-state index contributed by atoms with van der Waals surface area (Å²) in [5, 5.41) is 10.3. The number of nitrogens with zero attached hydrogens (tertiary/aromatic N) is 2. The lowest BCUT2D eigenvalue weighted by Crippen LogP contribution is -2.41. The van der Waals surface area contributed by atoms with E-state index in [0.29, 0.717) is 24.4 Å². The number of hydrogen-bond donors (Lipinski definition) is 1. The predicted molar refractivity (Wildman–Crippen MR) is 97.0 cm³/mol. The van der Waals surface area contributed by atoms with Crippen molar-refractivity contribution in [1.29, 1.82) is 0 Å². The minimum absolute atomic E-state index is 0.452. The predicted octanol–water partition coefficient (Wildman–Crippen LogP) is 4.44. The molecule has 1 aromatic heterocycles. The molecule has 0 saturated heterocycles. The molecule has 0 aliphatic carbocycles. The van der Waals surface area contributed by atoms with Crippen LogP contribution in [0.2, 0.25) is 0 Å². The molecule has 2 aromatic carbocycles. The van der Waals surface area contributed by atoms with E-state index >= 15 is 0 Å². The molecule has 0 fully saturated rings. The van der Waals surface area contributed by atoms with Crippen molar-refractivity contribution in [3.63, 3.8) is 0 Å². The molecule has 0 amide bonds. The van der Waals surface area contributed by atoms with Gasteiger partial charge >= 0.3 is 6.18 Å². The van der Waals surface area contributed by atoms with E-state index < -0.39 is 18.2 Å². The molecule has 28 heavy (non-hydrogen) atoms. The van der Waals surface area contributed by atoms with Gasteiger partial charge in [-0.3, -0.25) is 4.98 Å². The molecule has 0 bridgehead atoms. The van der Waals surface area contributed by atoms with Gasteiger partial charge in [0.25, 0.3) is 6.41 Å². The van der Waals surface area contributed by atoms with Crippen molar-refractivity contribution in [3.05, 3.63) is 83.7 Å². The maximum absolute atomic E-state index is 12.8. The molecule has 7 heteroatoms. The lowest BCUT2D eigenvalue weighted by Gasteiger charge is -2.33. The van der Waals surface area contributed by atoms with E-state index in [1.54, 1.807) is 29.4 Å². The number of pyridine rings is 1. The summed E-state index contributed by atoms with van der Waals surface area (Å²) in [6, 6.07) is 14.2. The van der Waals surface area contributed by atoms with E-state index in [4.69, 9.17) is 4.74 Å². The average molecular weight is 386 g/mol. The van der Waals surface area contributed by atoms with E-state index in [-0.39, 0.29) is 0 Å². The molecule has 144 valence electrons. The van der Waals surface area contributed by atoms with Crippen LogP contribution in [0, 0.1) is 0 Å². The van der Waals surface area contributed by atoms with E-state index in [0.717, 1.165) is 28.8 Å². The minimum Gasteiger partial charge on any atom is -0.451 e. The Morgan fingerprint density at radius 3 is 2.36 bits per heavy atom. The molecule has 1 unspecified atom stereocenters. The molecule has 0 saturated carbocycles. The van der Waals surface area contributed by atoms with Crippen LogP contribution in [0.3, 0.4) is 0 Å². The normalized spacial score (nSPS) is 17.1. The van der Waals surface area contributed by atoms with Crippen LogP contribution in [-0.4, -0.2) is 21.4 Å². The van der Waals surface area contributed by atoms with Crippen LogP contribution in [0.15, 0.2) is 67.0 Å². The van der Waals surface area contributed by atoms with Crippen molar-refractivity contribution in [2.45, 2.75) is 25.7 Å². The van der Waals surface area contributed by atoms with E-state index in [1.165, 1.54) is 12.1 Å². The van der Waals surface area contributed by atoms with E-state index in [2.05, 4.69) is 4.98 Å². The highest BCUT2D eigenvalue weighted by atomic mass is 19.4. The van der Waals surface area contributed by atoms with Gasteiger partial charge in [-0.2, -0.15) is 13.2 Å². The number of rotatable bonds is 3. The Balaban J connectivity index is 1.57. The van der Waals surface area contributed by atoms with Crippen LogP contribution in [-0.2, 0) is 19.3 Å². The first-order valence-electron chi connectivity index (χ1n) is 8.68. The van der Waals surface area contributed by atoms with E-state index in [1.807, 2.05) is 18.2 Å². The Hall–Kier alpha value is -2.90. The summed E-state index contributed by atoms with van der Waals surface area (Å²) in [5.74, 6) is 0.564. The second-order valence-corrected chi connectivity index (χ2v) is 6.60. The third kappa shape index (κ3) is 3.85. The molecular weight excluding hydrogens is 369 g/mol. The minimum atomic E-state index is -4.36. The Labute approximate surface area is 159 Å². The highest BCUT2D eigenvalue weighted by molar-refractivity contribution is 5.66. The summed E-state index contributed by atoms with van der Waals surface area (Å²) < 4.78 is 43.9. The smallest absolute Gasteiger partial charge is 0.416 e. The van der Waals surface area contributed by atoms with Crippen molar-refractivity contribution < 1.29 is 23.0 Å². The number of aliphatic hydroxyl groups is 1. The number of hydrogen-bond acceptors (Lipinski definition) is 4. The number of benzene rings is 2. The van der Waals surface area contributed by atoms with Gasteiger partial charge < -0.3 is 9.84 Å². The zero-order valence-corrected chi connectivity index (χ0v) is 14.7. The molecule has 0 spiro atoms. The van der Waals surface area contributed by atoms with Gasteiger partial charge in [0.2, 0.25) is 0 Å². The lowest BCUT2D eigenvalue weighted by atomic mass is 10.00. The van der Waals surface area contributed by atoms with Crippen LogP contribution in [0.4, 0.5) is 13.2 Å². The van der Waals surface area contributed by atoms with Crippen molar-refractivity contribution >= 4 is 0 Å². The zero-order valence-electron chi connectivity index (χ0n) is 14.7. The number of alkyl halides is 3.